The maximum Gasteiger partial charge on any atom is 0.283 e. The number of aliphatic imine (C=N–C) groups is 1. The molecule has 0 aliphatic carbocycles. The first-order chi connectivity index (χ1) is 14.0. The molecule has 10 heteroatoms. The molecule has 1 N–H and O–H groups in total. The first kappa shape index (κ1) is 20.3. The molecule has 0 saturated heterocycles. The summed E-state index contributed by atoms with van der Waals surface area (Å²) in [5.41, 5.74) is 1.32. The Morgan fingerprint density at radius 3 is 2.79 bits per heavy atom. The van der Waals surface area contributed by atoms with Crippen LogP contribution in [0.15, 0.2) is 60.9 Å². The normalized spacial score (nSPS) is 17.6. The van der Waals surface area contributed by atoms with Crippen molar-refractivity contribution in [3.63, 3.8) is 0 Å². The van der Waals surface area contributed by atoms with Crippen LogP contribution in [0.4, 0.5) is 0 Å². The highest BCUT2D eigenvalue weighted by molar-refractivity contribution is 8.19. The van der Waals surface area contributed by atoms with E-state index in [0.29, 0.717) is 21.1 Å². The topological polar surface area (TPSA) is 82.0 Å². The third-order valence-corrected chi connectivity index (χ3v) is 6.82. The number of rotatable bonds is 5. The van der Waals surface area contributed by atoms with E-state index in [-0.39, 0.29) is 11.4 Å². The van der Waals surface area contributed by atoms with E-state index in [0.717, 1.165) is 34.1 Å². The standard InChI is InChI=1S/C19H15ClN4O2S3/c1-2-27-19-23-29-18-22-17(25)14(16(21)24(18)19)9-13-7-8-15(26-13)28-10-11-3-5-12(20)6-4-11/h3-9,21H,2,10H2,1H3/b14-9-,21-16?. The van der Waals surface area contributed by atoms with Crippen LogP contribution in [0.3, 0.4) is 0 Å². The molecule has 2 aliphatic heterocycles. The zero-order valence-electron chi connectivity index (χ0n) is 15.2. The number of amides is 1. The van der Waals surface area contributed by atoms with E-state index >= 15 is 0 Å². The average Bonchev–Trinajstić information content (AvgIpc) is 3.32. The van der Waals surface area contributed by atoms with Gasteiger partial charge in [-0.1, -0.05) is 54.2 Å². The van der Waals surface area contributed by atoms with Crippen LogP contribution in [0.1, 0.15) is 18.2 Å². The molecule has 148 valence electrons. The lowest BCUT2D eigenvalue weighted by Gasteiger charge is -2.23. The molecule has 6 nitrogen and oxygen atoms in total. The number of halogens is 1. The van der Waals surface area contributed by atoms with E-state index in [2.05, 4.69) is 9.39 Å². The van der Waals surface area contributed by atoms with Crippen molar-refractivity contribution in [2.24, 2.45) is 9.39 Å². The first-order valence-electron chi connectivity index (χ1n) is 8.64. The highest BCUT2D eigenvalue weighted by Crippen LogP contribution is 2.32. The van der Waals surface area contributed by atoms with Gasteiger partial charge in [0.15, 0.2) is 10.3 Å². The number of thioether (sulfide) groups is 2. The molecule has 3 heterocycles. The molecule has 0 saturated carbocycles. The van der Waals surface area contributed by atoms with E-state index < -0.39 is 5.91 Å². The maximum atomic E-state index is 12.4. The van der Waals surface area contributed by atoms with Crippen molar-refractivity contribution < 1.29 is 9.21 Å². The van der Waals surface area contributed by atoms with Crippen molar-refractivity contribution in [3.05, 3.63) is 58.3 Å². The van der Waals surface area contributed by atoms with Gasteiger partial charge in [0.25, 0.3) is 5.91 Å². The number of hydrogen-bond donors (Lipinski definition) is 1. The highest BCUT2D eigenvalue weighted by atomic mass is 35.5. The Kier molecular flexibility index (Phi) is 6.19. The molecule has 29 heavy (non-hydrogen) atoms. The summed E-state index contributed by atoms with van der Waals surface area (Å²) in [4.78, 5) is 18.1. The predicted octanol–water partition coefficient (Wildman–Crippen LogP) is 5.56. The second-order valence-electron chi connectivity index (χ2n) is 5.91. The van der Waals surface area contributed by atoms with E-state index in [1.165, 1.54) is 11.8 Å². The third kappa shape index (κ3) is 4.48. The third-order valence-electron chi connectivity index (χ3n) is 3.95. The van der Waals surface area contributed by atoms with Crippen LogP contribution < -0.4 is 0 Å². The fourth-order valence-electron chi connectivity index (χ4n) is 2.59. The smallest absolute Gasteiger partial charge is 0.283 e. The minimum Gasteiger partial charge on any atom is -0.450 e. The van der Waals surface area contributed by atoms with Crippen LogP contribution in [0.25, 0.3) is 6.08 Å². The van der Waals surface area contributed by atoms with Gasteiger partial charge in [-0.15, -0.1) is 0 Å². The Bertz CT molecular complexity index is 1060. The summed E-state index contributed by atoms with van der Waals surface area (Å²) in [7, 11) is 0. The lowest BCUT2D eigenvalue weighted by molar-refractivity contribution is -0.114. The van der Waals surface area contributed by atoms with Crippen molar-refractivity contribution >= 4 is 75.2 Å². The monoisotopic (exact) mass is 462 g/mol. The van der Waals surface area contributed by atoms with E-state index in [9.17, 15) is 4.79 Å². The van der Waals surface area contributed by atoms with Crippen LogP contribution in [0.2, 0.25) is 5.02 Å². The van der Waals surface area contributed by atoms with E-state index in [1.54, 1.807) is 28.8 Å². The molecule has 0 atom stereocenters. The summed E-state index contributed by atoms with van der Waals surface area (Å²) in [6.45, 7) is 2.01. The Labute approximate surface area is 185 Å². The second-order valence-corrected chi connectivity index (χ2v) is 9.29. The van der Waals surface area contributed by atoms with Gasteiger partial charge in [0, 0.05) is 10.8 Å². The molecule has 2 aliphatic rings. The fraction of sp³-hybridized carbons (Fsp3) is 0.158. The summed E-state index contributed by atoms with van der Waals surface area (Å²) in [5.74, 6) is 1.66. The minimum absolute atomic E-state index is 0.0662. The molecule has 0 fully saturated rings. The van der Waals surface area contributed by atoms with Gasteiger partial charge in [-0.05, 0) is 41.7 Å². The quantitative estimate of drug-likeness (QED) is 0.356. The maximum absolute atomic E-state index is 12.4. The molecule has 0 unspecified atom stereocenters. The molecule has 1 amide bonds. The van der Waals surface area contributed by atoms with Crippen LogP contribution in [0.5, 0.6) is 0 Å². The van der Waals surface area contributed by atoms with Gasteiger partial charge in [-0.25, -0.2) is 4.90 Å². The van der Waals surface area contributed by atoms with Gasteiger partial charge >= 0.3 is 0 Å². The molecular formula is C19H15ClN4O2S3. The number of nitrogens with zero attached hydrogens (tertiary/aromatic N) is 3. The van der Waals surface area contributed by atoms with Gasteiger partial charge in [0.2, 0.25) is 5.17 Å². The lowest BCUT2D eigenvalue weighted by atomic mass is 10.1. The first-order valence-corrected chi connectivity index (χ1v) is 11.8. The van der Waals surface area contributed by atoms with Crippen LogP contribution in [-0.2, 0) is 10.5 Å². The summed E-state index contributed by atoms with van der Waals surface area (Å²) in [6, 6.07) is 11.3. The van der Waals surface area contributed by atoms with Gasteiger partial charge in [0.05, 0.1) is 17.5 Å². The zero-order valence-corrected chi connectivity index (χ0v) is 18.4. The van der Waals surface area contributed by atoms with Crippen molar-refractivity contribution in [2.45, 2.75) is 17.8 Å². The van der Waals surface area contributed by atoms with Crippen LogP contribution >= 0.6 is 47.1 Å². The molecule has 1 aromatic carbocycles. The molecule has 2 aromatic rings. The van der Waals surface area contributed by atoms with Crippen molar-refractivity contribution in [3.8, 4) is 0 Å². The van der Waals surface area contributed by atoms with Crippen LogP contribution in [0, 0.1) is 5.41 Å². The summed E-state index contributed by atoms with van der Waals surface area (Å²) in [6.07, 6.45) is 1.56. The average molecular weight is 463 g/mol. The number of amidine groups is 3. The number of furan rings is 1. The summed E-state index contributed by atoms with van der Waals surface area (Å²) in [5, 5.41) is 11.0. The second kappa shape index (κ2) is 8.83. The minimum atomic E-state index is -0.460. The number of fused-ring (bicyclic) bond motifs is 1. The van der Waals surface area contributed by atoms with Gasteiger partial charge < -0.3 is 4.42 Å². The summed E-state index contributed by atoms with van der Waals surface area (Å²) >= 11 is 10.1. The molecule has 0 bridgehead atoms. The molecular weight excluding hydrogens is 448 g/mol. The number of benzene rings is 1. The molecule has 1 aromatic heterocycles. The Balaban J connectivity index is 1.49. The van der Waals surface area contributed by atoms with Crippen molar-refractivity contribution in [1.82, 2.24) is 4.90 Å². The Morgan fingerprint density at radius 1 is 1.24 bits per heavy atom. The Hall–Kier alpha value is -1.94. The molecule has 0 radical (unpaired) electrons. The number of hydrogen-bond acceptors (Lipinski definition) is 7. The lowest BCUT2D eigenvalue weighted by Crippen LogP contribution is -2.41. The largest absolute Gasteiger partial charge is 0.450 e. The fourth-order valence-corrected chi connectivity index (χ4v) is 5.11. The molecule has 0 spiro atoms. The van der Waals surface area contributed by atoms with Gasteiger partial charge in [0.1, 0.15) is 11.6 Å². The van der Waals surface area contributed by atoms with Crippen molar-refractivity contribution in [2.75, 3.05) is 5.75 Å². The predicted molar refractivity (Wildman–Crippen MR) is 123 cm³/mol. The zero-order chi connectivity index (χ0) is 20.4. The SMILES string of the molecule is CCSC1=NSC2=NC(=O)/C(=C\c3ccc(SCc4ccc(Cl)cc4)o3)C(=N)N12. The molecule has 4 rings (SSSR count). The van der Waals surface area contributed by atoms with Gasteiger partial charge in [-0.2, -0.15) is 9.39 Å². The number of nitrogens with one attached hydrogen (secondary N) is 1. The van der Waals surface area contributed by atoms with Crippen LogP contribution in [-0.4, -0.2) is 32.7 Å². The van der Waals surface area contributed by atoms with E-state index in [1.807, 2.05) is 37.3 Å². The Morgan fingerprint density at radius 2 is 2.03 bits per heavy atom. The highest BCUT2D eigenvalue weighted by Gasteiger charge is 2.37. The summed E-state index contributed by atoms with van der Waals surface area (Å²) < 4.78 is 10.1. The number of carbonyl (C=O) groups excluding carboxylic acids is 1. The van der Waals surface area contributed by atoms with Gasteiger partial charge in [-0.3, -0.25) is 10.2 Å². The number of carbonyl (C=O) groups is 1. The van der Waals surface area contributed by atoms with E-state index in [4.69, 9.17) is 21.4 Å². The van der Waals surface area contributed by atoms with Crippen molar-refractivity contribution in [1.29, 1.82) is 5.41 Å².